The van der Waals surface area contributed by atoms with E-state index in [1.54, 1.807) is 0 Å². The summed E-state index contributed by atoms with van der Waals surface area (Å²) < 4.78 is 9.66. The molecule has 110 valence electrons. The zero-order valence-electron chi connectivity index (χ0n) is 12.7. The van der Waals surface area contributed by atoms with Crippen LogP contribution in [-0.2, 0) is 19.1 Å². The normalized spacial score (nSPS) is 34.7. The molecule has 4 nitrogen and oxygen atoms in total. The van der Waals surface area contributed by atoms with Gasteiger partial charge < -0.3 is 9.47 Å². The van der Waals surface area contributed by atoms with Crippen molar-refractivity contribution >= 4 is 11.9 Å². The van der Waals surface area contributed by atoms with Gasteiger partial charge in [0.25, 0.3) is 0 Å². The van der Waals surface area contributed by atoms with Crippen LogP contribution in [0.1, 0.15) is 46.5 Å². The maximum Gasteiger partial charge on any atom is 0.309 e. The SMILES string of the molecule is COC(=O)CC[C@]1(C)[C@@H](C(=O)OC)CC[C@@H](C)[C@H]1C. The maximum absolute atomic E-state index is 12.0. The van der Waals surface area contributed by atoms with Gasteiger partial charge in [-0.2, -0.15) is 0 Å². The van der Waals surface area contributed by atoms with E-state index in [-0.39, 0.29) is 23.3 Å². The minimum absolute atomic E-state index is 0.117. The highest BCUT2D eigenvalue weighted by Crippen LogP contribution is 2.51. The standard InChI is InChI=1S/C15H26O4/c1-10-6-7-12(14(17)19-5)15(3,11(10)2)9-8-13(16)18-4/h10-12H,6-9H2,1-5H3/t10-,11-,12-,15+/m1/s1. The van der Waals surface area contributed by atoms with Crippen molar-refractivity contribution in [3.05, 3.63) is 0 Å². The number of carbonyl (C=O) groups is 2. The lowest BCUT2D eigenvalue weighted by Gasteiger charge is -2.48. The molecule has 0 unspecified atom stereocenters. The first-order chi connectivity index (χ1) is 8.86. The number of hydrogen-bond acceptors (Lipinski definition) is 4. The summed E-state index contributed by atoms with van der Waals surface area (Å²) >= 11 is 0. The number of rotatable bonds is 4. The van der Waals surface area contributed by atoms with Gasteiger partial charge in [0.05, 0.1) is 20.1 Å². The Labute approximate surface area is 115 Å². The molecule has 1 fully saturated rings. The van der Waals surface area contributed by atoms with E-state index in [2.05, 4.69) is 20.8 Å². The first-order valence-electron chi connectivity index (χ1n) is 7.01. The lowest BCUT2D eigenvalue weighted by molar-refractivity contribution is -0.158. The summed E-state index contributed by atoms with van der Waals surface area (Å²) in [6.07, 6.45) is 2.91. The van der Waals surface area contributed by atoms with Crippen LogP contribution < -0.4 is 0 Å². The Balaban J connectivity index is 2.90. The molecule has 0 aliphatic heterocycles. The van der Waals surface area contributed by atoms with E-state index in [0.29, 0.717) is 24.7 Å². The average molecular weight is 270 g/mol. The smallest absolute Gasteiger partial charge is 0.309 e. The third-order valence-electron chi connectivity index (χ3n) is 5.18. The molecule has 0 heterocycles. The van der Waals surface area contributed by atoms with Gasteiger partial charge in [0, 0.05) is 6.42 Å². The van der Waals surface area contributed by atoms with E-state index >= 15 is 0 Å². The zero-order chi connectivity index (χ0) is 14.6. The summed E-state index contributed by atoms with van der Waals surface area (Å²) in [5, 5.41) is 0. The molecule has 0 aromatic rings. The van der Waals surface area contributed by atoms with Gasteiger partial charge in [-0.1, -0.05) is 20.8 Å². The molecule has 4 heteroatoms. The van der Waals surface area contributed by atoms with Gasteiger partial charge in [-0.25, -0.2) is 0 Å². The quantitative estimate of drug-likeness (QED) is 0.737. The average Bonchev–Trinajstić information content (AvgIpc) is 2.41. The predicted molar refractivity (Wildman–Crippen MR) is 72.4 cm³/mol. The van der Waals surface area contributed by atoms with Gasteiger partial charge in [0.1, 0.15) is 0 Å². The van der Waals surface area contributed by atoms with Gasteiger partial charge in [-0.05, 0) is 36.5 Å². The van der Waals surface area contributed by atoms with Crippen molar-refractivity contribution in [2.45, 2.75) is 46.5 Å². The molecule has 0 aromatic carbocycles. The topological polar surface area (TPSA) is 52.6 Å². The molecule has 4 atom stereocenters. The van der Waals surface area contributed by atoms with Crippen LogP contribution in [0.3, 0.4) is 0 Å². The summed E-state index contributed by atoms with van der Waals surface area (Å²) in [7, 11) is 2.83. The summed E-state index contributed by atoms with van der Waals surface area (Å²) in [4.78, 5) is 23.4. The Hall–Kier alpha value is -1.06. The van der Waals surface area contributed by atoms with E-state index in [9.17, 15) is 9.59 Å². The van der Waals surface area contributed by atoms with Gasteiger partial charge in [0.2, 0.25) is 0 Å². The second kappa shape index (κ2) is 6.40. The Kier molecular flexibility index (Phi) is 5.39. The highest BCUT2D eigenvalue weighted by molar-refractivity contribution is 5.74. The van der Waals surface area contributed by atoms with E-state index < -0.39 is 0 Å². The number of carbonyl (C=O) groups excluding carboxylic acids is 2. The van der Waals surface area contributed by atoms with Crippen molar-refractivity contribution in [3.63, 3.8) is 0 Å². The second-order valence-corrected chi connectivity index (χ2v) is 6.00. The summed E-state index contributed by atoms with van der Waals surface area (Å²) in [5.74, 6) is 0.466. The molecular weight excluding hydrogens is 244 g/mol. The minimum atomic E-state index is -0.213. The van der Waals surface area contributed by atoms with Gasteiger partial charge in [-0.15, -0.1) is 0 Å². The van der Waals surface area contributed by atoms with Crippen molar-refractivity contribution in [1.29, 1.82) is 0 Å². The first-order valence-corrected chi connectivity index (χ1v) is 7.01. The zero-order valence-corrected chi connectivity index (χ0v) is 12.7. The summed E-state index contributed by atoms with van der Waals surface area (Å²) in [6.45, 7) is 6.50. The number of hydrogen-bond donors (Lipinski definition) is 0. The molecule has 1 aliphatic rings. The van der Waals surface area contributed by atoms with Crippen LogP contribution in [-0.4, -0.2) is 26.2 Å². The molecule has 0 saturated heterocycles. The molecule has 0 aromatic heterocycles. The summed E-state index contributed by atoms with van der Waals surface area (Å²) in [6, 6.07) is 0. The Morgan fingerprint density at radius 3 is 2.32 bits per heavy atom. The van der Waals surface area contributed by atoms with Crippen molar-refractivity contribution in [2.75, 3.05) is 14.2 Å². The fraction of sp³-hybridized carbons (Fsp3) is 0.867. The van der Waals surface area contributed by atoms with Crippen molar-refractivity contribution < 1.29 is 19.1 Å². The van der Waals surface area contributed by atoms with E-state index in [0.717, 1.165) is 12.8 Å². The third-order valence-corrected chi connectivity index (χ3v) is 5.18. The summed E-state index contributed by atoms with van der Waals surface area (Å²) in [5.41, 5.74) is -0.195. The molecule has 0 radical (unpaired) electrons. The third kappa shape index (κ3) is 3.28. The lowest BCUT2D eigenvalue weighted by Crippen LogP contribution is -2.45. The van der Waals surface area contributed by atoms with Crippen LogP contribution in [0.4, 0.5) is 0 Å². The fourth-order valence-corrected chi connectivity index (χ4v) is 3.38. The van der Waals surface area contributed by atoms with Crippen LogP contribution >= 0.6 is 0 Å². The van der Waals surface area contributed by atoms with Crippen LogP contribution in [0, 0.1) is 23.2 Å². The predicted octanol–water partition coefficient (Wildman–Crippen LogP) is 2.80. The maximum atomic E-state index is 12.0. The highest BCUT2D eigenvalue weighted by Gasteiger charge is 2.48. The largest absolute Gasteiger partial charge is 0.469 e. The number of methoxy groups -OCH3 is 2. The Morgan fingerprint density at radius 1 is 1.16 bits per heavy atom. The minimum Gasteiger partial charge on any atom is -0.469 e. The van der Waals surface area contributed by atoms with Gasteiger partial charge in [0.15, 0.2) is 0 Å². The lowest BCUT2D eigenvalue weighted by atomic mass is 9.56. The molecule has 1 aliphatic carbocycles. The Morgan fingerprint density at radius 2 is 1.79 bits per heavy atom. The fourth-order valence-electron chi connectivity index (χ4n) is 3.38. The number of esters is 2. The van der Waals surface area contributed by atoms with Gasteiger partial charge in [-0.3, -0.25) is 9.59 Å². The first kappa shape index (κ1) is 16.0. The molecule has 0 bridgehead atoms. The second-order valence-electron chi connectivity index (χ2n) is 6.00. The molecule has 1 rings (SSSR count). The van der Waals surface area contributed by atoms with Crippen LogP contribution in [0.2, 0.25) is 0 Å². The van der Waals surface area contributed by atoms with Crippen LogP contribution in [0.15, 0.2) is 0 Å². The molecule has 19 heavy (non-hydrogen) atoms. The molecular formula is C15H26O4. The van der Waals surface area contributed by atoms with E-state index in [1.807, 2.05) is 0 Å². The monoisotopic (exact) mass is 270 g/mol. The van der Waals surface area contributed by atoms with Crippen molar-refractivity contribution in [2.24, 2.45) is 23.2 Å². The Bertz CT molecular complexity index is 339. The molecule has 0 spiro atoms. The number of ether oxygens (including phenoxy) is 2. The van der Waals surface area contributed by atoms with Crippen LogP contribution in [0.5, 0.6) is 0 Å². The van der Waals surface area contributed by atoms with Crippen molar-refractivity contribution in [1.82, 2.24) is 0 Å². The molecule has 0 N–H and O–H groups in total. The van der Waals surface area contributed by atoms with Gasteiger partial charge >= 0.3 is 11.9 Å². The highest BCUT2D eigenvalue weighted by atomic mass is 16.5. The van der Waals surface area contributed by atoms with Crippen LogP contribution in [0.25, 0.3) is 0 Å². The van der Waals surface area contributed by atoms with E-state index in [4.69, 9.17) is 9.47 Å². The van der Waals surface area contributed by atoms with Crippen molar-refractivity contribution in [3.8, 4) is 0 Å². The van der Waals surface area contributed by atoms with E-state index in [1.165, 1.54) is 14.2 Å². The molecule has 0 amide bonds. The molecule has 1 saturated carbocycles.